The van der Waals surface area contributed by atoms with Crippen molar-refractivity contribution >= 4 is 10.9 Å². The molecule has 0 aliphatic rings. The van der Waals surface area contributed by atoms with Gasteiger partial charge < -0.3 is 9.09 Å². The number of benzene rings is 1. The van der Waals surface area contributed by atoms with Crippen molar-refractivity contribution in [1.29, 1.82) is 0 Å². The van der Waals surface area contributed by atoms with E-state index in [2.05, 4.69) is 59.0 Å². The summed E-state index contributed by atoms with van der Waals surface area (Å²) in [7, 11) is 0. The normalized spacial score (nSPS) is 11.3. The summed E-state index contributed by atoms with van der Waals surface area (Å²) >= 11 is 0. The van der Waals surface area contributed by atoms with Crippen LogP contribution in [0.5, 0.6) is 0 Å². The number of aryl methyl sites for hydroxylation is 2. The van der Waals surface area contributed by atoms with E-state index < -0.39 is 0 Å². The van der Waals surface area contributed by atoms with Crippen molar-refractivity contribution in [1.82, 2.24) is 14.7 Å². The van der Waals surface area contributed by atoms with Gasteiger partial charge in [-0.3, -0.25) is 0 Å². The summed E-state index contributed by atoms with van der Waals surface area (Å²) < 4.78 is 7.43. The molecule has 0 fully saturated rings. The lowest BCUT2D eigenvalue weighted by Gasteiger charge is -2.02. The van der Waals surface area contributed by atoms with Gasteiger partial charge in [0.2, 0.25) is 5.89 Å². The van der Waals surface area contributed by atoms with Crippen LogP contribution in [0.2, 0.25) is 0 Å². The molecule has 0 aliphatic carbocycles. The summed E-state index contributed by atoms with van der Waals surface area (Å²) in [6.45, 7) is 4.86. The molecule has 2 aromatic heterocycles. The molecule has 0 aliphatic heterocycles. The Morgan fingerprint density at radius 1 is 1.26 bits per heavy atom. The van der Waals surface area contributed by atoms with Gasteiger partial charge in [0.1, 0.15) is 6.54 Å². The summed E-state index contributed by atoms with van der Waals surface area (Å²) in [5.74, 6) is 1.47. The monoisotopic (exact) mass is 255 g/mol. The molecule has 0 saturated carbocycles. The molecule has 98 valence electrons. The van der Waals surface area contributed by atoms with Crippen LogP contribution in [0.4, 0.5) is 0 Å². The molecule has 0 atom stereocenters. The van der Waals surface area contributed by atoms with E-state index in [1.54, 1.807) is 0 Å². The molecule has 1 aromatic carbocycles. The van der Waals surface area contributed by atoms with Crippen molar-refractivity contribution in [3.05, 3.63) is 47.7 Å². The first-order chi connectivity index (χ1) is 9.28. The Bertz CT molecular complexity index is 696. The zero-order valence-electron chi connectivity index (χ0n) is 11.3. The lowest BCUT2D eigenvalue weighted by atomic mass is 10.1. The van der Waals surface area contributed by atoms with E-state index in [1.807, 2.05) is 0 Å². The van der Waals surface area contributed by atoms with Crippen molar-refractivity contribution < 1.29 is 4.52 Å². The van der Waals surface area contributed by atoms with E-state index in [-0.39, 0.29) is 0 Å². The molecule has 2 heterocycles. The van der Waals surface area contributed by atoms with Crippen molar-refractivity contribution in [2.45, 2.75) is 33.2 Å². The Morgan fingerprint density at radius 2 is 2.16 bits per heavy atom. The minimum atomic E-state index is 0.629. The highest BCUT2D eigenvalue weighted by molar-refractivity contribution is 5.83. The van der Waals surface area contributed by atoms with Crippen LogP contribution >= 0.6 is 0 Å². The third-order valence-electron chi connectivity index (χ3n) is 3.32. The lowest BCUT2D eigenvalue weighted by molar-refractivity contribution is 0.367. The van der Waals surface area contributed by atoms with Crippen LogP contribution in [0.3, 0.4) is 0 Å². The number of aromatic nitrogens is 3. The third kappa shape index (κ3) is 2.26. The Morgan fingerprint density at radius 3 is 3.00 bits per heavy atom. The van der Waals surface area contributed by atoms with E-state index in [0.29, 0.717) is 12.4 Å². The number of hydrogen-bond donors (Lipinski definition) is 0. The zero-order chi connectivity index (χ0) is 13.2. The molecule has 4 heteroatoms. The average Bonchev–Trinajstić information content (AvgIpc) is 3.00. The van der Waals surface area contributed by atoms with Crippen molar-refractivity contribution in [2.24, 2.45) is 0 Å². The second-order valence-electron chi connectivity index (χ2n) is 4.81. The highest BCUT2D eigenvalue weighted by Gasteiger charge is 2.08. The van der Waals surface area contributed by atoms with Crippen molar-refractivity contribution in [3.8, 4) is 0 Å². The molecule has 0 unspecified atom stereocenters. The number of hydrogen-bond acceptors (Lipinski definition) is 3. The van der Waals surface area contributed by atoms with Gasteiger partial charge in [-0.05, 0) is 31.0 Å². The van der Waals surface area contributed by atoms with Crippen LogP contribution in [-0.4, -0.2) is 14.7 Å². The molecule has 3 rings (SSSR count). The first kappa shape index (κ1) is 12.0. The Labute approximate surface area is 112 Å². The second kappa shape index (κ2) is 4.88. The Hall–Kier alpha value is -2.10. The van der Waals surface area contributed by atoms with Crippen LogP contribution in [0.25, 0.3) is 10.9 Å². The van der Waals surface area contributed by atoms with Crippen LogP contribution in [0, 0.1) is 6.92 Å². The first-order valence-electron chi connectivity index (χ1n) is 6.64. The minimum absolute atomic E-state index is 0.629. The fourth-order valence-electron chi connectivity index (χ4n) is 2.34. The third-order valence-corrected chi connectivity index (χ3v) is 3.32. The average molecular weight is 255 g/mol. The fourth-order valence-corrected chi connectivity index (χ4v) is 2.34. The molecule has 0 bridgehead atoms. The standard InChI is InChI=1S/C15H17N3O/c1-3-5-14-16-15(19-17-14)10-18-9-8-12-11(2)6-4-7-13(12)18/h4,6-9H,3,5,10H2,1-2H3. The van der Waals surface area contributed by atoms with Crippen LogP contribution in [0.1, 0.15) is 30.6 Å². The molecule has 19 heavy (non-hydrogen) atoms. The van der Waals surface area contributed by atoms with Crippen molar-refractivity contribution in [3.63, 3.8) is 0 Å². The van der Waals surface area contributed by atoms with Gasteiger partial charge in [0, 0.05) is 23.5 Å². The topological polar surface area (TPSA) is 43.9 Å². The molecule has 3 aromatic rings. The van der Waals surface area contributed by atoms with Gasteiger partial charge in [0.15, 0.2) is 5.82 Å². The highest BCUT2D eigenvalue weighted by Crippen LogP contribution is 2.20. The van der Waals surface area contributed by atoms with Gasteiger partial charge in [-0.25, -0.2) is 0 Å². The largest absolute Gasteiger partial charge is 0.338 e. The van der Waals surface area contributed by atoms with Gasteiger partial charge in [-0.15, -0.1) is 0 Å². The quantitative estimate of drug-likeness (QED) is 0.718. The predicted octanol–water partition coefficient (Wildman–Crippen LogP) is 3.33. The van der Waals surface area contributed by atoms with Crippen LogP contribution < -0.4 is 0 Å². The maximum Gasteiger partial charge on any atom is 0.246 e. The first-order valence-corrected chi connectivity index (χ1v) is 6.64. The molecule has 0 amide bonds. The molecular weight excluding hydrogens is 238 g/mol. The van der Waals surface area contributed by atoms with E-state index in [0.717, 1.165) is 18.7 Å². The zero-order valence-corrected chi connectivity index (χ0v) is 11.3. The van der Waals surface area contributed by atoms with Gasteiger partial charge >= 0.3 is 0 Å². The van der Waals surface area contributed by atoms with E-state index >= 15 is 0 Å². The molecule has 0 N–H and O–H groups in total. The minimum Gasteiger partial charge on any atom is -0.338 e. The molecule has 0 spiro atoms. The van der Waals surface area contributed by atoms with Gasteiger partial charge in [-0.1, -0.05) is 24.2 Å². The number of nitrogens with zero attached hydrogens (tertiary/aromatic N) is 3. The van der Waals surface area contributed by atoms with Crippen LogP contribution in [0.15, 0.2) is 35.0 Å². The number of rotatable bonds is 4. The molecule has 4 nitrogen and oxygen atoms in total. The molecule has 0 radical (unpaired) electrons. The number of fused-ring (bicyclic) bond motifs is 1. The summed E-state index contributed by atoms with van der Waals surface area (Å²) in [6, 6.07) is 8.45. The predicted molar refractivity (Wildman–Crippen MR) is 74.1 cm³/mol. The maximum atomic E-state index is 5.29. The van der Waals surface area contributed by atoms with Crippen LogP contribution in [-0.2, 0) is 13.0 Å². The van der Waals surface area contributed by atoms with E-state index in [1.165, 1.54) is 16.5 Å². The molecular formula is C15H17N3O. The second-order valence-corrected chi connectivity index (χ2v) is 4.81. The van der Waals surface area contributed by atoms with E-state index in [9.17, 15) is 0 Å². The van der Waals surface area contributed by atoms with Crippen molar-refractivity contribution in [2.75, 3.05) is 0 Å². The molecule has 0 saturated heterocycles. The summed E-state index contributed by atoms with van der Waals surface area (Å²) in [5, 5.41) is 5.26. The fraction of sp³-hybridized carbons (Fsp3) is 0.333. The summed E-state index contributed by atoms with van der Waals surface area (Å²) in [5.41, 5.74) is 2.49. The Kier molecular flexibility index (Phi) is 3.07. The lowest BCUT2D eigenvalue weighted by Crippen LogP contribution is -1.98. The van der Waals surface area contributed by atoms with Gasteiger partial charge in [-0.2, -0.15) is 4.98 Å². The smallest absolute Gasteiger partial charge is 0.246 e. The summed E-state index contributed by atoms with van der Waals surface area (Å²) in [6.07, 6.45) is 3.97. The maximum absolute atomic E-state index is 5.29. The van der Waals surface area contributed by atoms with Gasteiger partial charge in [0.05, 0.1) is 0 Å². The SMILES string of the molecule is CCCc1noc(Cn2ccc3c(C)cccc32)n1. The Balaban J connectivity index is 1.90. The van der Waals surface area contributed by atoms with E-state index in [4.69, 9.17) is 4.52 Å². The summed E-state index contributed by atoms with van der Waals surface area (Å²) in [4.78, 5) is 4.41. The highest BCUT2D eigenvalue weighted by atomic mass is 16.5. The van der Waals surface area contributed by atoms with Gasteiger partial charge in [0.25, 0.3) is 0 Å².